The van der Waals surface area contributed by atoms with E-state index in [1.165, 1.54) is 25.7 Å². The van der Waals surface area contributed by atoms with Gasteiger partial charge in [-0.05, 0) is 44.7 Å². The van der Waals surface area contributed by atoms with Crippen LogP contribution in [0, 0.1) is 5.92 Å². The zero-order valence-corrected chi connectivity index (χ0v) is 12.0. The molecule has 106 valence electrons. The Hall–Kier alpha value is -1.06. The summed E-state index contributed by atoms with van der Waals surface area (Å²) in [5.74, 6) is 0.861. The second-order valence-electron chi connectivity index (χ2n) is 6.00. The van der Waals surface area contributed by atoms with Crippen LogP contribution >= 0.6 is 0 Å². The Morgan fingerprint density at radius 2 is 1.89 bits per heavy atom. The van der Waals surface area contributed by atoms with Crippen LogP contribution < -0.4 is 5.73 Å². The van der Waals surface area contributed by atoms with E-state index in [2.05, 4.69) is 18.9 Å². The number of hydrogen-bond acceptors (Lipinski definition) is 3. The van der Waals surface area contributed by atoms with Gasteiger partial charge in [0.2, 0.25) is 0 Å². The first-order valence-electron chi connectivity index (χ1n) is 7.30. The number of aliphatic hydroxyl groups excluding tert-OH is 1. The highest BCUT2D eigenvalue weighted by Gasteiger charge is 2.23. The average Bonchev–Trinajstić information content (AvgIpc) is 2.39. The van der Waals surface area contributed by atoms with Gasteiger partial charge in [-0.15, -0.1) is 0 Å². The Morgan fingerprint density at radius 1 is 1.26 bits per heavy atom. The molecule has 0 aliphatic heterocycles. The smallest absolute Gasteiger partial charge is 0.0936 e. The van der Waals surface area contributed by atoms with Crippen LogP contribution in [0.1, 0.15) is 44.3 Å². The normalized spacial score (nSPS) is 25.5. The van der Waals surface area contributed by atoms with Crippen molar-refractivity contribution in [1.82, 2.24) is 4.90 Å². The third-order valence-corrected chi connectivity index (χ3v) is 4.42. The van der Waals surface area contributed by atoms with Crippen LogP contribution in [0.4, 0.5) is 5.69 Å². The molecule has 1 atom stereocenters. The van der Waals surface area contributed by atoms with Crippen molar-refractivity contribution in [3.05, 3.63) is 29.8 Å². The SMILES string of the molecule is CC1CCC(N(C)CC(O)c2ccccc2N)CC1. The molecule has 1 saturated carbocycles. The lowest BCUT2D eigenvalue weighted by Gasteiger charge is -2.34. The van der Waals surface area contributed by atoms with Crippen LogP contribution in [-0.2, 0) is 0 Å². The van der Waals surface area contributed by atoms with Crippen LogP contribution in [0.25, 0.3) is 0 Å². The van der Waals surface area contributed by atoms with Gasteiger partial charge in [-0.25, -0.2) is 0 Å². The highest BCUT2D eigenvalue weighted by atomic mass is 16.3. The molecule has 1 aromatic rings. The highest BCUT2D eigenvalue weighted by Crippen LogP contribution is 2.28. The van der Waals surface area contributed by atoms with E-state index in [4.69, 9.17) is 5.73 Å². The zero-order chi connectivity index (χ0) is 13.8. The zero-order valence-electron chi connectivity index (χ0n) is 12.0. The molecule has 0 radical (unpaired) electrons. The van der Waals surface area contributed by atoms with E-state index in [0.717, 1.165) is 11.5 Å². The number of hydrogen-bond donors (Lipinski definition) is 2. The summed E-state index contributed by atoms with van der Waals surface area (Å²) in [7, 11) is 2.11. The molecule has 2 rings (SSSR count). The molecular weight excluding hydrogens is 236 g/mol. The van der Waals surface area contributed by atoms with Gasteiger partial charge in [-0.2, -0.15) is 0 Å². The monoisotopic (exact) mass is 262 g/mol. The Kier molecular flexibility index (Phi) is 4.83. The molecule has 1 aliphatic rings. The highest BCUT2D eigenvalue weighted by molar-refractivity contribution is 5.47. The summed E-state index contributed by atoms with van der Waals surface area (Å²) in [6, 6.07) is 8.20. The predicted molar refractivity (Wildman–Crippen MR) is 79.9 cm³/mol. The van der Waals surface area contributed by atoms with Gasteiger partial charge in [-0.3, -0.25) is 0 Å². The molecule has 0 amide bonds. The van der Waals surface area contributed by atoms with Crippen molar-refractivity contribution < 1.29 is 5.11 Å². The predicted octanol–water partition coefficient (Wildman–Crippen LogP) is 2.81. The van der Waals surface area contributed by atoms with Crippen molar-refractivity contribution in [3.63, 3.8) is 0 Å². The number of benzene rings is 1. The van der Waals surface area contributed by atoms with Gasteiger partial charge in [0.1, 0.15) is 0 Å². The lowest BCUT2D eigenvalue weighted by molar-refractivity contribution is 0.0861. The van der Waals surface area contributed by atoms with E-state index in [9.17, 15) is 5.11 Å². The molecule has 1 fully saturated rings. The molecule has 19 heavy (non-hydrogen) atoms. The standard InChI is InChI=1S/C16H26N2O/c1-12-7-9-13(10-8-12)18(2)11-16(19)14-5-3-4-6-15(14)17/h3-6,12-13,16,19H,7-11,17H2,1-2H3. The molecule has 1 unspecified atom stereocenters. The first kappa shape index (κ1) is 14.4. The van der Waals surface area contributed by atoms with E-state index in [1.54, 1.807) is 0 Å². The quantitative estimate of drug-likeness (QED) is 0.820. The molecule has 3 nitrogen and oxygen atoms in total. The Morgan fingerprint density at radius 3 is 2.53 bits per heavy atom. The van der Waals surface area contributed by atoms with Crippen molar-refractivity contribution in [1.29, 1.82) is 0 Å². The number of para-hydroxylation sites is 1. The summed E-state index contributed by atoms with van der Waals surface area (Å²) < 4.78 is 0. The van der Waals surface area contributed by atoms with Gasteiger partial charge in [0.25, 0.3) is 0 Å². The van der Waals surface area contributed by atoms with Gasteiger partial charge in [-0.1, -0.05) is 25.1 Å². The van der Waals surface area contributed by atoms with Crippen LogP contribution in [0.5, 0.6) is 0 Å². The number of anilines is 1. The summed E-state index contributed by atoms with van der Waals surface area (Å²) >= 11 is 0. The fourth-order valence-corrected chi connectivity index (χ4v) is 3.02. The van der Waals surface area contributed by atoms with Crippen LogP contribution in [0.15, 0.2) is 24.3 Å². The number of nitrogen functional groups attached to an aromatic ring is 1. The number of nitrogens with zero attached hydrogens (tertiary/aromatic N) is 1. The minimum absolute atomic E-state index is 0.495. The molecule has 0 aromatic heterocycles. The molecule has 0 spiro atoms. The van der Waals surface area contributed by atoms with Crippen molar-refractivity contribution in [2.24, 2.45) is 5.92 Å². The molecule has 3 N–H and O–H groups in total. The third-order valence-electron chi connectivity index (χ3n) is 4.42. The van der Waals surface area contributed by atoms with Crippen LogP contribution in [-0.4, -0.2) is 29.6 Å². The second-order valence-corrected chi connectivity index (χ2v) is 6.00. The fourth-order valence-electron chi connectivity index (χ4n) is 3.02. The number of nitrogens with two attached hydrogens (primary N) is 1. The summed E-state index contributed by atoms with van der Waals surface area (Å²) in [5.41, 5.74) is 7.44. The first-order valence-corrected chi connectivity index (χ1v) is 7.30. The Balaban J connectivity index is 1.91. The second kappa shape index (κ2) is 6.40. The van der Waals surface area contributed by atoms with E-state index >= 15 is 0 Å². The molecule has 1 aliphatic carbocycles. The molecule has 1 aromatic carbocycles. The molecule has 0 heterocycles. The minimum atomic E-state index is -0.495. The molecule has 0 saturated heterocycles. The number of likely N-dealkylation sites (N-methyl/N-ethyl adjacent to an activating group) is 1. The van der Waals surface area contributed by atoms with Gasteiger partial charge in [0, 0.05) is 23.8 Å². The Bertz CT molecular complexity index is 399. The summed E-state index contributed by atoms with van der Waals surface area (Å²) in [5, 5.41) is 10.3. The van der Waals surface area contributed by atoms with Gasteiger partial charge >= 0.3 is 0 Å². The topological polar surface area (TPSA) is 49.5 Å². The van der Waals surface area contributed by atoms with Crippen molar-refractivity contribution >= 4 is 5.69 Å². The lowest BCUT2D eigenvalue weighted by atomic mass is 9.86. The maximum absolute atomic E-state index is 10.3. The van der Waals surface area contributed by atoms with Crippen LogP contribution in [0.2, 0.25) is 0 Å². The molecule has 0 bridgehead atoms. The van der Waals surface area contributed by atoms with E-state index in [-0.39, 0.29) is 0 Å². The van der Waals surface area contributed by atoms with Gasteiger partial charge in [0.05, 0.1) is 6.10 Å². The number of rotatable bonds is 4. The molecular formula is C16H26N2O. The van der Waals surface area contributed by atoms with E-state index in [0.29, 0.717) is 18.3 Å². The van der Waals surface area contributed by atoms with Crippen molar-refractivity contribution in [3.8, 4) is 0 Å². The average molecular weight is 262 g/mol. The van der Waals surface area contributed by atoms with Crippen molar-refractivity contribution in [2.45, 2.75) is 44.8 Å². The van der Waals surface area contributed by atoms with Gasteiger partial charge < -0.3 is 15.7 Å². The molecule has 3 heteroatoms. The maximum Gasteiger partial charge on any atom is 0.0936 e. The number of aliphatic hydroxyl groups is 1. The third kappa shape index (κ3) is 3.71. The fraction of sp³-hybridized carbons (Fsp3) is 0.625. The largest absolute Gasteiger partial charge is 0.398 e. The van der Waals surface area contributed by atoms with Gasteiger partial charge in [0.15, 0.2) is 0 Å². The van der Waals surface area contributed by atoms with Crippen LogP contribution in [0.3, 0.4) is 0 Å². The van der Waals surface area contributed by atoms with E-state index < -0.39 is 6.10 Å². The maximum atomic E-state index is 10.3. The summed E-state index contributed by atoms with van der Waals surface area (Å²) in [6.45, 7) is 2.99. The summed E-state index contributed by atoms with van der Waals surface area (Å²) in [6.07, 6.45) is 4.60. The van der Waals surface area contributed by atoms with E-state index in [1.807, 2.05) is 24.3 Å². The lowest BCUT2D eigenvalue weighted by Crippen LogP contribution is -2.37. The minimum Gasteiger partial charge on any atom is -0.398 e. The first-order chi connectivity index (χ1) is 9.08. The van der Waals surface area contributed by atoms with Crippen molar-refractivity contribution in [2.75, 3.05) is 19.3 Å². The Labute approximate surface area is 116 Å². The summed E-state index contributed by atoms with van der Waals surface area (Å²) in [4.78, 5) is 2.29.